The maximum Gasteiger partial charge on any atom is 0.274 e. The molecule has 1 aromatic heterocycles. The van der Waals surface area contributed by atoms with Crippen LogP contribution in [-0.2, 0) is 0 Å². The fourth-order valence-electron chi connectivity index (χ4n) is 2.60. The monoisotopic (exact) mass is 384 g/mol. The van der Waals surface area contributed by atoms with Crippen LogP contribution >= 0.6 is 0 Å². The van der Waals surface area contributed by atoms with Crippen molar-refractivity contribution in [3.8, 4) is 11.5 Å². The Kier molecular flexibility index (Phi) is 4.71. The molecule has 0 bridgehead atoms. The molecule has 0 aliphatic carbocycles. The number of halogens is 2. The van der Waals surface area contributed by atoms with E-state index in [0.717, 1.165) is 12.1 Å². The fraction of sp³-hybridized carbons (Fsp3) is 0.105. The first-order chi connectivity index (χ1) is 13.6. The number of hydrogen-bond acceptors (Lipinski definition) is 6. The molecule has 0 saturated carbocycles. The zero-order valence-electron chi connectivity index (χ0n) is 14.4. The van der Waals surface area contributed by atoms with E-state index in [1.165, 1.54) is 12.4 Å². The number of benzene rings is 2. The maximum atomic E-state index is 13.7. The molecule has 0 radical (unpaired) electrons. The van der Waals surface area contributed by atoms with Gasteiger partial charge in [0, 0.05) is 23.9 Å². The fourth-order valence-corrected chi connectivity index (χ4v) is 2.60. The van der Waals surface area contributed by atoms with Crippen molar-refractivity contribution in [2.24, 2.45) is 0 Å². The van der Waals surface area contributed by atoms with E-state index in [1.54, 1.807) is 18.2 Å². The van der Waals surface area contributed by atoms with Crippen LogP contribution in [0.4, 0.5) is 26.0 Å². The molecule has 7 nitrogen and oxygen atoms in total. The number of anilines is 3. The maximum absolute atomic E-state index is 13.7. The molecule has 0 unspecified atom stereocenters. The third kappa shape index (κ3) is 3.83. The van der Waals surface area contributed by atoms with Gasteiger partial charge in [0.25, 0.3) is 5.91 Å². The van der Waals surface area contributed by atoms with Gasteiger partial charge in [-0.15, -0.1) is 0 Å². The van der Waals surface area contributed by atoms with Crippen molar-refractivity contribution in [3.05, 3.63) is 66.1 Å². The number of rotatable bonds is 4. The molecule has 0 spiro atoms. The first kappa shape index (κ1) is 17.7. The van der Waals surface area contributed by atoms with Gasteiger partial charge in [0.2, 0.25) is 0 Å². The van der Waals surface area contributed by atoms with Crippen molar-refractivity contribution in [2.75, 3.05) is 23.8 Å². The molecule has 28 heavy (non-hydrogen) atoms. The molecule has 2 heterocycles. The van der Waals surface area contributed by atoms with Crippen molar-refractivity contribution < 1.29 is 23.0 Å². The van der Waals surface area contributed by atoms with Gasteiger partial charge in [-0.3, -0.25) is 4.79 Å². The second-order valence-corrected chi connectivity index (χ2v) is 5.85. The number of nitrogens with one attached hydrogen (secondary N) is 2. The van der Waals surface area contributed by atoms with E-state index in [4.69, 9.17) is 9.47 Å². The van der Waals surface area contributed by atoms with Crippen LogP contribution < -0.4 is 20.1 Å². The SMILES string of the molecule is O=C(Nc1ccc(F)cc1F)c1cc(Nc2ccc3c(c2)OCCO3)ncn1. The first-order valence-electron chi connectivity index (χ1n) is 8.33. The van der Waals surface area contributed by atoms with Crippen molar-refractivity contribution in [1.29, 1.82) is 0 Å². The number of nitrogens with zero attached hydrogens (tertiary/aromatic N) is 2. The van der Waals surface area contributed by atoms with Gasteiger partial charge in [0.15, 0.2) is 11.5 Å². The van der Waals surface area contributed by atoms with Crippen LogP contribution in [0.25, 0.3) is 0 Å². The van der Waals surface area contributed by atoms with E-state index in [1.807, 2.05) is 0 Å². The molecule has 3 aromatic rings. The lowest BCUT2D eigenvalue weighted by Gasteiger charge is -2.19. The highest BCUT2D eigenvalue weighted by atomic mass is 19.1. The second-order valence-electron chi connectivity index (χ2n) is 5.85. The van der Waals surface area contributed by atoms with Gasteiger partial charge in [-0.25, -0.2) is 18.7 Å². The third-order valence-electron chi connectivity index (χ3n) is 3.89. The number of aromatic nitrogens is 2. The molecule has 1 amide bonds. The van der Waals surface area contributed by atoms with Crippen molar-refractivity contribution >= 4 is 23.1 Å². The number of hydrogen-bond donors (Lipinski definition) is 2. The van der Waals surface area contributed by atoms with Crippen LogP contribution in [0.15, 0.2) is 48.8 Å². The molecule has 142 valence electrons. The summed E-state index contributed by atoms with van der Waals surface area (Å²) in [6.45, 7) is 0.965. The molecule has 2 aromatic carbocycles. The van der Waals surface area contributed by atoms with Crippen molar-refractivity contribution in [3.63, 3.8) is 0 Å². The number of carbonyl (C=O) groups excluding carboxylic acids is 1. The molecule has 0 fully saturated rings. The van der Waals surface area contributed by atoms with Crippen LogP contribution in [0, 0.1) is 11.6 Å². The van der Waals surface area contributed by atoms with Gasteiger partial charge < -0.3 is 20.1 Å². The standard InChI is InChI=1S/C19H14F2N4O3/c20-11-1-3-14(13(21)7-11)25-19(26)15-9-18(23-10-22-15)24-12-2-4-16-17(8-12)28-6-5-27-16/h1-4,7-10H,5-6H2,(H,25,26)(H,22,23,24). The van der Waals surface area contributed by atoms with Gasteiger partial charge in [-0.2, -0.15) is 0 Å². The lowest BCUT2D eigenvalue weighted by molar-refractivity contribution is 0.102. The minimum Gasteiger partial charge on any atom is -0.486 e. The highest BCUT2D eigenvalue weighted by Crippen LogP contribution is 2.33. The zero-order chi connectivity index (χ0) is 19.5. The van der Waals surface area contributed by atoms with Gasteiger partial charge >= 0.3 is 0 Å². The van der Waals surface area contributed by atoms with E-state index in [9.17, 15) is 13.6 Å². The first-order valence-corrected chi connectivity index (χ1v) is 8.33. The Labute approximate surface area is 158 Å². The van der Waals surface area contributed by atoms with E-state index < -0.39 is 17.5 Å². The summed E-state index contributed by atoms with van der Waals surface area (Å²) in [5.74, 6) is -0.647. The van der Waals surface area contributed by atoms with E-state index in [2.05, 4.69) is 20.6 Å². The van der Waals surface area contributed by atoms with E-state index >= 15 is 0 Å². The van der Waals surface area contributed by atoms with Gasteiger partial charge in [-0.1, -0.05) is 0 Å². The Balaban J connectivity index is 1.50. The van der Waals surface area contributed by atoms with Gasteiger partial charge in [0.1, 0.15) is 42.7 Å². The summed E-state index contributed by atoms with van der Waals surface area (Å²) in [7, 11) is 0. The van der Waals surface area contributed by atoms with Crippen LogP contribution in [0.3, 0.4) is 0 Å². The predicted octanol–water partition coefficient (Wildman–Crippen LogP) is 3.52. The third-order valence-corrected chi connectivity index (χ3v) is 3.89. The highest BCUT2D eigenvalue weighted by Gasteiger charge is 2.14. The van der Waals surface area contributed by atoms with Crippen molar-refractivity contribution in [1.82, 2.24) is 9.97 Å². The summed E-state index contributed by atoms with van der Waals surface area (Å²) in [5.41, 5.74) is 0.545. The Morgan fingerprint density at radius 2 is 1.79 bits per heavy atom. The minimum atomic E-state index is -0.878. The quantitative estimate of drug-likeness (QED) is 0.716. The lowest BCUT2D eigenvalue weighted by atomic mass is 10.2. The molecule has 4 rings (SSSR count). The molecular formula is C19H14F2N4O3. The lowest BCUT2D eigenvalue weighted by Crippen LogP contribution is -2.16. The summed E-state index contributed by atoms with van der Waals surface area (Å²) in [5, 5.41) is 5.39. The Morgan fingerprint density at radius 3 is 2.61 bits per heavy atom. The van der Waals surface area contributed by atoms with Gasteiger partial charge in [-0.05, 0) is 24.3 Å². The summed E-state index contributed by atoms with van der Waals surface area (Å²) in [6.07, 6.45) is 1.20. The normalized spacial score (nSPS) is 12.4. The summed E-state index contributed by atoms with van der Waals surface area (Å²) < 4.78 is 37.7. The average Bonchev–Trinajstić information content (AvgIpc) is 2.70. The van der Waals surface area contributed by atoms with Crippen LogP contribution in [0.5, 0.6) is 11.5 Å². The Morgan fingerprint density at radius 1 is 0.964 bits per heavy atom. The molecule has 2 N–H and O–H groups in total. The average molecular weight is 384 g/mol. The zero-order valence-corrected chi connectivity index (χ0v) is 14.4. The van der Waals surface area contributed by atoms with E-state index in [0.29, 0.717) is 42.3 Å². The van der Waals surface area contributed by atoms with Crippen molar-refractivity contribution in [2.45, 2.75) is 0 Å². The molecule has 9 heteroatoms. The molecule has 1 aliphatic heterocycles. The molecular weight excluding hydrogens is 370 g/mol. The highest BCUT2D eigenvalue weighted by molar-refractivity contribution is 6.03. The number of fused-ring (bicyclic) bond motifs is 1. The Bertz CT molecular complexity index is 1050. The molecule has 0 saturated heterocycles. The predicted molar refractivity (Wildman–Crippen MR) is 97.1 cm³/mol. The van der Waals surface area contributed by atoms with Gasteiger partial charge in [0.05, 0.1) is 5.69 Å². The topological polar surface area (TPSA) is 85.4 Å². The number of amides is 1. The van der Waals surface area contributed by atoms with Crippen LogP contribution in [0.1, 0.15) is 10.5 Å². The largest absolute Gasteiger partial charge is 0.486 e. The molecule has 1 aliphatic rings. The summed E-state index contributed by atoms with van der Waals surface area (Å²) in [4.78, 5) is 20.3. The second kappa shape index (κ2) is 7.47. The number of ether oxygens (including phenoxy) is 2. The van der Waals surface area contributed by atoms with Crippen LogP contribution in [0.2, 0.25) is 0 Å². The smallest absolute Gasteiger partial charge is 0.274 e. The Hall–Kier alpha value is -3.75. The number of carbonyl (C=O) groups is 1. The van der Waals surface area contributed by atoms with Crippen LogP contribution in [-0.4, -0.2) is 29.1 Å². The summed E-state index contributed by atoms with van der Waals surface area (Å²) >= 11 is 0. The van der Waals surface area contributed by atoms with E-state index in [-0.39, 0.29) is 11.4 Å². The molecule has 0 atom stereocenters. The minimum absolute atomic E-state index is 0.0127. The summed E-state index contributed by atoms with van der Waals surface area (Å²) in [6, 6.07) is 9.58.